The second kappa shape index (κ2) is 6.20. The first-order valence-corrected chi connectivity index (χ1v) is 7.07. The summed E-state index contributed by atoms with van der Waals surface area (Å²) in [5, 5.41) is 0. The van der Waals surface area contributed by atoms with Gasteiger partial charge in [0.25, 0.3) is 5.91 Å². The van der Waals surface area contributed by atoms with E-state index in [0.29, 0.717) is 19.0 Å². The number of hydrogen-bond acceptors (Lipinski definition) is 2. The van der Waals surface area contributed by atoms with Gasteiger partial charge in [-0.2, -0.15) is 0 Å². The van der Waals surface area contributed by atoms with Crippen molar-refractivity contribution in [3.8, 4) is 0 Å². The van der Waals surface area contributed by atoms with Gasteiger partial charge in [0.05, 0.1) is 5.69 Å². The summed E-state index contributed by atoms with van der Waals surface area (Å²) < 4.78 is 27.6. The first-order valence-electron chi connectivity index (χ1n) is 7.07. The Hall–Kier alpha value is -1.65. The van der Waals surface area contributed by atoms with Gasteiger partial charge in [-0.15, -0.1) is 0 Å². The van der Waals surface area contributed by atoms with Crippen LogP contribution in [0.3, 0.4) is 0 Å². The summed E-state index contributed by atoms with van der Waals surface area (Å²) in [6, 6.07) is 2.18. The van der Waals surface area contributed by atoms with Crippen LogP contribution in [0, 0.1) is 17.6 Å². The topological polar surface area (TPSA) is 46.3 Å². The largest absolute Gasteiger partial charge is 0.396 e. The summed E-state index contributed by atoms with van der Waals surface area (Å²) in [6.45, 7) is 3.22. The summed E-state index contributed by atoms with van der Waals surface area (Å²) in [5.74, 6) is -1.81. The Labute approximate surface area is 117 Å². The van der Waals surface area contributed by atoms with E-state index in [0.717, 1.165) is 37.8 Å². The Morgan fingerprint density at radius 2 is 2.10 bits per heavy atom. The van der Waals surface area contributed by atoms with Gasteiger partial charge in [-0.25, -0.2) is 8.78 Å². The fourth-order valence-corrected chi connectivity index (χ4v) is 2.70. The Morgan fingerprint density at radius 3 is 2.80 bits per heavy atom. The molecule has 20 heavy (non-hydrogen) atoms. The minimum Gasteiger partial charge on any atom is -0.396 e. The maximum Gasteiger partial charge on any atom is 0.259 e. The number of amides is 1. The molecule has 0 aromatic heterocycles. The predicted octanol–water partition coefficient (Wildman–Crippen LogP) is 3.20. The van der Waals surface area contributed by atoms with E-state index < -0.39 is 23.1 Å². The normalized spacial score (nSPS) is 19.8. The number of benzene rings is 1. The molecule has 1 aliphatic heterocycles. The van der Waals surface area contributed by atoms with Gasteiger partial charge in [-0.1, -0.05) is 13.3 Å². The molecule has 1 saturated heterocycles. The van der Waals surface area contributed by atoms with Crippen LogP contribution in [0.1, 0.15) is 43.0 Å². The van der Waals surface area contributed by atoms with Crippen LogP contribution in [0.15, 0.2) is 12.1 Å². The molecule has 1 amide bonds. The van der Waals surface area contributed by atoms with Crippen LogP contribution in [0.5, 0.6) is 0 Å². The highest BCUT2D eigenvalue weighted by Crippen LogP contribution is 2.24. The molecule has 1 atom stereocenters. The lowest BCUT2D eigenvalue weighted by Crippen LogP contribution is -2.33. The van der Waals surface area contributed by atoms with Crippen LogP contribution >= 0.6 is 0 Å². The van der Waals surface area contributed by atoms with Gasteiger partial charge in [0.1, 0.15) is 11.4 Å². The summed E-state index contributed by atoms with van der Waals surface area (Å²) in [7, 11) is 0. The Kier molecular flexibility index (Phi) is 4.57. The third-order valence-corrected chi connectivity index (χ3v) is 4.05. The van der Waals surface area contributed by atoms with Crippen LogP contribution in [0.2, 0.25) is 0 Å². The lowest BCUT2D eigenvalue weighted by atomic mass is 9.98. The molecule has 0 bridgehead atoms. The summed E-state index contributed by atoms with van der Waals surface area (Å²) in [5.41, 5.74) is 4.69. The first-order chi connectivity index (χ1) is 9.54. The van der Waals surface area contributed by atoms with Gasteiger partial charge in [0.15, 0.2) is 5.82 Å². The Morgan fingerprint density at radius 1 is 1.35 bits per heavy atom. The molecule has 0 saturated carbocycles. The van der Waals surface area contributed by atoms with Crippen LogP contribution in [-0.2, 0) is 0 Å². The highest BCUT2D eigenvalue weighted by atomic mass is 19.1. The van der Waals surface area contributed by atoms with Crippen molar-refractivity contribution < 1.29 is 13.6 Å². The molecule has 3 nitrogen and oxygen atoms in total. The number of carbonyl (C=O) groups excluding carboxylic acids is 1. The van der Waals surface area contributed by atoms with Crippen molar-refractivity contribution in [2.75, 3.05) is 18.8 Å². The average molecular weight is 282 g/mol. The van der Waals surface area contributed by atoms with E-state index in [2.05, 4.69) is 6.92 Å². The number of halogens is 2. The van der Waals surface area contributed by atoms with E-state index in [9.17, 15) is 13.6 Å². The zero-order chi connectivity index (χ0) is 14.7. The average Bonchev–Trinajstić information content (AvgIpc) is 2.68. The number of hydrogen-bond donors (Lipinski definition) is 1. The third kappa shape index (κ3) is 2.92. The SMILES string of the molecule is CCC1CCCN(C(=O)c2c(F)ccc(N)c2F)CC1. The lowest BCUT2D eigenvalue weighted by molar-refractivity contribution is 0.0750. The number of rotatable bonds is 2. The molecular formula is C15H20F2N2O. The number of likely N-dealkylation sites (tertiary alicyclic amines) is 1. The van der Waals surface area contributed by atoms with Gasteiger partial charge in [-0.05, 0) is 37.3 Å². The minimum absolute atomic E-state index is 0.198. The molecule has 2 rings (SSSR count). The number of nitrogens with two attached hydrogens (primary N) is 1. The summed E-state index contributed by atoms with van der Waals surface area (Å²) >= 11 is 0. The van der Waals surface area contributed by atoms with Crippen LogP contribution in [0.25, 0.3) is 0 Å². The van der Waals surface area contributed by atoms with E-state index in [1.54, 1.807) is 0 Å². The second-order valence-corrected chi connectivity index (χ2v) is 5.32. The fraction of sp³-hybridized carbons (Fsp3) is 0.533. The van der Waals surface area contributed by atoms with E-state index in [1.165, 1.54) is 4.90 Å². The lowest BCUT2D eigenvalue weighted by Gasteiger charge is -2.21. The summed E-state index contributed by atoms with van der Waals surface area (Å²) in [6.07, 6.45) is 3.88. The molecule has 1 fully saturated rings. The number of nitrogen functional groups attached to an aromatic ring is 1. The number of nitrogens with zero attached hydrogens (tertiary/aromatic N) is 1. The highest BCUT2D eigenvalue weighted by Gasteiger charge is 2.26. The van der Waals surface area contributed by atoms with Gasteiger partial charge in [-0.3, -0.25) is 4.79 Å². The maximum atomic E-state index is 13.9. The Bertz CT molecular complexity index is 505. The highest BCUT2D eigenvalue weighted by molar-refractivity contribution is 5.95. The van der Waals surface area contributed by atoms with Gasteiger partial charge < -0.3 is 10.6 Å². The fourth-order valence-electron chi connectivity index (χ4n) is 2.70. The predicted molar refractivity (Wildman–Crippen MR) is 74.3 cm³/mol. The zero-order valence-corrected chi connectivity index (χ0v) is 11.7. The van der Waals surface area contributed by atoms with E-state index in [-0.39, 0.29) is 5.69 Å². The number of anilines is 1. The zero-order valence-electron chi connectivity index (χ0n) is 11.7. The molecule has 5 heteroatoms. The molecular weight excluding hydrogens is 262 g/mol. The summed E-state index contributed by atoms with van der Waals surface area (Å²) in [4.78, 5) is 13.9. The van der Waals surface area contributed by atoms with Crippen molar-refractivity contribution in [1.82, 2.24) is 4.90 Å². The van der Waals surface area contributed by atoms with Gasteiger partial charge in [0.2, 0.25) is 0 Å². The molecule has 1 unspecified atom stereocenters. The van der Waals surface area contributed by atoms with Crippen molar-refractivity contribution in [2.45, 2.75) is 32.6 Å². The first kappa shape index (κ1) is 14.8. The van der Waals surface area contributed by atoms with Crippen LogP contribution in [-0.4, -0.2) is 23.9 Å². The molecule has 1 aromatic carbocycles. The van der Waals surface area contributed by atoms with Gasteiger partial charge in [0, 0.05) is 13.1 Å². The third-order valence-electron chi connectivity index (χ3n) is 4.05. The van der Waals surface area contributed by atoms with E-state index in [1.807, 2.05) is 0 Å². The monoisotopic (exact) mass is 282 g/mol. The van der Waals surface area contributed by atoms with E-state index in [4.69, 9.17) is 5.73 Å². The molecule has 0 radical (unpaired) electrons. The van der Waals surface area contributed by atoms with Crippen molar-refractivity contribution in [1.29, 1.82) is 0 Å². The van der Waals surface area contributed by atoms with Crippen LogP contribution in [0.4, 0.5) is 14.5 Å². The van der Waals surface area contributed by atoms with E-state index >= 15 is 0 Å². The van der Waals surface area contributed by atoms with Crippen LogP contribution < -0.4 is 5.73 Å². The van der Waals surface area contributed by atoms with Gasteiger partial charge >= 0.3 is 0 Å². The van der Waals surface area contributed by atoms with Crippen molar-refractivity contribution in [3.63, 3.8) is 0 Å². The molecule has 0 aliphatic carbocycles. The molecule has 1 aromatic rings. The molecule has 110 valence electrons. The van der Waals surface area contributed by atoms with Crippen molar-refractivity contribution >= 4 is 11.6 Å². The van der Waals surface area contributed by atoms with Crippen molar-refractivity contribution in [3.05, 3.63) is 29.3 Å². The second-order valence-electron chi connectivity index (χ2n) is 5.32. The molecule has 0 spiro atoms. The number of carbonyl (C=O) groups is 1. The standard InChI is InChI=1S/C15H20F2N2O/c1-2-10-4-3-8-19(9-7-10)15(20)13-11(16)5-6-12(18)14(13)17/h5-6,10H,2-4,7-9,18H2,1H3. The molecule has 2 N–H and O–H groups in total. The Balaban J connectivity index is 2.21. The molecule has 1 heterocycles. The minimum atomic E-state index is -0.953. The smallest absolute Gasteiger partial charge is 0.259 e. The van der Waals surface area contributed by atoms with Crippen molar-refractivity contribution in [2.24, 2.45) is 5.92 Å². The quantitative estimate of drug-likeness (QED) is 0.847. The maximum absolute atomic E-state index is 13.9. The molecule has 1 aliphatic rings.